The number of pyridine rings is 1. The fraction of sp³-hybridized carbons (Fsp3) is 0.500. The summed E-state index contributed by atoms with van der Waals surface area (Å²) in [7, 11) is 0. The summed E-state index contributed by atoms with van der Waals surface area (Å²) in [6, 6.07) is 2.15. The second-order valence-corrected chi connectivity index (χ2v) is 6.74. The van der Waals surface area contributed by atoms with Crippen LogP contribution in [0.5, 0.6) is 0 Å². The summed E-state index contributed by atoms with van der Waals surface area (Å²) in [5, 5.41) is 1.24. The van der Waals surface area contributed by atoms with E-state index in [1.165, 1.54) is 11.8 Å². The number of carbonyl (C=O) groups excluding carboxylic acids is 1. The van der Waals surface area contributed by atoms with Gasteiger partial charge in [-0.2, -0.15) is 0 Å². The number of thioether (sulfide) groups is 1. The van der Waals surface area contributed by atoms with Crippen molar-refractivity contribution in [1.29, 1.82) is 0 Å². The number of aromatic amines is 1. The molecule has 0 fully saturated rings. The van der Waals surface area contributed by atoms with Crippen LogP contribution in [0.1, 0.15) is 27.7 Å². The Labute approximate surface area is 133 Å². The molecule has 2 rings (SSSR count). The molecular weight excluding hydrogens is 308 g/mol. The minimum atomic E-state index is 0.108. The molecule has 7 heteroatoms. The predicted octanol–water partition coefficient (Wildman–Crippen LogP) is 3.35. The molecule has 0 bridgehead atoms. The number of amides is 1. The van der Waals surface area contributed by atoms with Crippen molar-refractivity contribution in [2.75, 3.05) is 5.75 Å². The van der Waals surface area contributed by atoms with Gasteiger partial charge in [0.15, 0.2) is 10.8 Å². The number of hydrogen-bond acceptors (Lipinski definition) is 4. The Balaban J connectivity index is 2.05. The summed E-state index contributed by atoms with van der Waals surface area (Å²) in [6.45, 7) is 8.09. The van der Waals surface area contributed by atoms with E-state index in [-0.39, 0.29) is 18.0 Å². The SMILES string of the molecule is CC(C)N(C(=O)CSc1nc2ncc(Cl)cc2[nH]1)C(C)C. The Kier molecular flexibility index (Phi) is 5.11. The number of halogens is 1. The zero-order valence-corrected chi connectivity index (χ0v) is 14.1. The van der Waals surface area contributed by atoms with Crippen LogP contribution in [0.15, 0.2) is 17.4 Å². The summed E-state index contributed by atoms with van der Waals surface area (Å²) >= 11 is 7.27. The van der Waals surface area contributed by atoms with Gasteiger partial charge >= 0.3 is 0 Å². The van der Waals surface area contributed by atoms with Crippen LogP contribution < -0.4 is 0 Å². The van der Waals surface area contributed by atoms with Gasteiger partial charge in [-0.1, -0.05) is 23.4 Å². The maximum absolute atomic E-state index is 12.3. The minimum Gasteiger partial charge on any atom is -0.337 e. The molecule has 0 aliphatic heterocycles. The summed E-state index contributed by atoms with van der Waals surface area (Å²) in [5.41, 5.74) is 1.39. The fourth-order valence-electron chi connectivity index (χ4n) is 2.30. The highest BCUT2D eigenvalue weighted by atomic mass is 35.5. The molecule has 0 unspecified atom stereocenters. The van der Waals surface area contributed by atoms with E-state index >= 15 is 0 Å². The van der Waals surface area contributed by atoms with Crippen molar-refractivity contribution in [2.24, 2.45) is 0 Å². The van der Waals surface area contributed by atoms with Gasteiger partial charge in [-0.15, -0.1) is 0 Å². The quantitative estimate of drug-likeness (QED) is 0.856. The number of carbonyl (C=O) groups is 1. The van der Waals surface area contributed by atoms with Gasteiger partial charge in [0.25, 0.3) is 0 Å². The van der Waals surface area contributed by atoms with Crippen LogP contribution in [0.25, 0.3) is 11.2 Å². The van der Waals surface area contributed by atoms with E-state index in [2.05, 4.69) is 15.0 Å². The average Bonchev–Trinajstić information content (AvgIpc) is 2.77. The van der Waals surface area contributed by atoms with Crippen molar-refractivity contribution >= 4 is 40.4 Å². The Morgan fingerprint density at radius 3 is 2.67 bits per heavy atom. The van der Waals surface area contributed by atoms with E-state index in [4.69, 9.17) is 11.6 Å². The molecule has 1 amide bonds. The monoisotopic (exact) mass is 326 g/mol. The van der Waals surface area contributed by atoms with Crippen LogP contribution in [0.4, 0.5) is 0 Å². The Morgan fingerprint density at radius 1 is 1.38 bits per heavy atom. The third-order valence-electron chi connectivity index (χ3n) is 3.02. The lowest BCUT2D eigenvalue weighted by Gasteiger charge is -2.30. The lowest BCUT2D eigenvalue weighted by molar-refractivity contribution is -0.131. The normalized spacial score (nSPS) is 11.6. The number of nitrogens with zero attached hydrogens (tertiary/aromatic N) is 3. The van der Waals surface area contributed by atoms with Crippen molar-refractivity contribution in [3.63, 3.8) is 0 Å². The molecule has 0 radical (unpaired) electrons. The lowest BCUT2D eigenvalue weighted by Crippen LogP contribution is -2.43. The number of rotatable bonds is 5. The maximum atomic E-state index is 12.3. The lowest BCUT2D eigenvalue weighted by atomic mass is 10.2. The van der Waals surface area contributed by atoms with Gasteiger partial charge in [-0.25, -0.2) is 9.97 Å². The molecule has 2 heterocycles. The van der Waals surface area contributed by atoms with Gasteiger partial charge in [0.05, 0.1) is 16.3 Å². The molecular formula is C14H19ClN4OS. The van der Waals surface area contributed by atoms with Gasteiger partial charge in [-0.05, 0) is 33.8 Å². The van der Waals surface area contributed by atoms with E-state index in [1.54, 1.807) is 12.3 Å². The van der Waals surface area contributed by atoms with E-state index in [0.29, 0.717) is 21.6 Å². The summed E-state index contributed by atoms with van der Waals surface area (Å²) < 4.78 is 0. The molecule has 0 spiro atoms. The number of imidazole rings is 1. The van der Waals surface area contributed by atoms with Crippen LogP contribution in [-0.4, -0.2) is 43.6 Å². The summed E-state index contributed by atoms with van der Waals surface area (Å²) in [6.07, 6.45) is 1.56. The number of aromatic nitrogens is 3. The first-order valence-electron chi connectivity index (χ1n) is 6.83. The van der Waals surface area contributed by atoms with Crippen LogP contribution >= 0.6 is 23.4 Å². The third-order valence-corrected chi connectivity index (χ3v) is 4.08. The van der Waals surface area contributed by atoms with Gasteiger partial charge in [0.1, 0.15) is 0 Å². The number of hydrogen-bond donors (Lipinski definition) is 1. The molecule has 114 valence electrons. The summed E-state index contributed by atoms with van der Waals surface area (Å²) in [5.74, 6) is 0.459. The topological polar surface area (TPSA) is 61.9 Å². The fourth-order valence-corrected chi connectivity index (χ4v) is 3.20. The molecule has 5 nitrogen and oxygen atoms in total. The van der Waals surface area contributed by atoms with Crippen molar-refractivity contribution in [3.8, 4) is 0 Å². The van der Waals surface area contributed by atoms with E-state index in [9.17, 15) is 4.79 Å². The van der Waals surface area contributed by atoms with Crippen molar-refractivity contribution in [2.45, 2.75) is 44.9 Å². The number of H-pyrrole nitrogens is 1. The van der Waals surface area contributed by atoms with Gasteiger partial charge in [0, 0.05) is 18.3 Å². The highest BCUT2D eigenvalue weighted by Gasteiger charge is 2.20. The van der Waals surface area contributed by atoms with E-state index in [0.717, 1.165) is 5.52 Å². The zero-order chi connectivity index (χ0) is 15.6. The Morgan fingerprint density at radius 2 is 2.05 bits per heavy atom. The molecule has 0 aliphatic carbocycles. The molecule has 1 N–H and O–H groups in total. The Bertz CT molecular complexity index is 633. The first kappa shape index (κ1) is 16.1. The standard InChI is InChI=1S/C14H19ClN4OS/c1-8(2)19(9(3)4)12(20)7-21-14-17-11-5-10(15)6-16-13(11)18-14/h5-6,8-9H,7H2,1-4H3,(H,16,17,18). The van der Waals surface area contributed by atoms with Crippen LogP contribution in [0.3, 0.4) is 0 Å². The predicted molar refractivity (Wildman–Crippen MR) is 86.7 cm³/mol. The maximum Gasteiger partial charge on any atom is 0.233 e. The number of fused-ring (bicyclic) bond motifs is 1. The van der Waals surface area contributed by atoms with E-state index < -0.39 is 0 Å². The summed E-state index contributed by atoms with van der Waals surface area (Å²) in [4.78, 5) is 25.8. The minimum absolute atomic E-state index is 0.108. The van der Waals surface area contributed by atoms with Crippen molar-refractivity contribution in [1.82, 2.24) is 19.9 Å². The van der Waals surface area contributed by atoms with Crippen molar-refractivity contribution in [3.05, 3.63) is 17.3 Å². The second kappa shape index (κ2) is 6.66. The Hall–Kier alpha value is -1.27. The first-order chi connectivity index (χ1) is 9.88. The smallest absolute Gasteiger partial charge is 0.233 e. The molecule has 0 aliphatic rings. The van der Waals surface area contributed by atoms with Crippen LogP contribution in [-0.2, 0) is 4.79 Å². The van der Waals surface area contributed by atoms with Crippen LogP contribution in [0, 0.1) is 0 Å². The average molecular weight is 327 g/mol. The number of nitrogens with one attached hydrogen (secondary N) is 1. The first-order valence-corrected chi connectivity index (χ1v) is 8.20. The highest BCUT2D eigenvalue weighted by Crippen LogP contribution is 2.21. The largest absolute Gasteiger partial charge is 0.337 e. The van der Waals surface area contributed by atoms with Gasteiger partial charge in [0.2, 0.25) is 5.91 Å². The molecule has 0 aromatic carbocycles. The molecule has 0 saturated heterocycles. The second-order valence-electron chi connectivity index (χ2n) is 5.34. The molecule has 0 atom stereocenters. The van der Waals surface area contributed by atoms with E-state index in [1.807, 2.05) is 32.6 Å². The molecule has 2 aromatic heterocycles. The third kappa shape index (κ3) is 3.89. The molecule has 21 heavy (non-hydrogen) atoms. The van der Waals surface area contributed by atoms with Crippen LogP contribution in [0.2, 0.25) is 5.02 Å². The van der Waals surface area contributed by atoms with Crippen molar-refractivity contribution < 1.29 is 4.79 Å². The zero-order valence-electron chi connectivity index (χ0n) is 12.6. The van der Waals surface area contributed by atoms with Gasteiger partial charge < -0.3 is 9.88 Å². The highest BCUT2D eigenvalue weighted by molar-refractivity contribution is 7.99. The van der Waals surface area contributed by atoms with Gasteiger partial charge in [-0.3, -0.25) is 4.79 Å². The molecule has 2 aromatic rings. The molecule has 0 saturated carbocycles.